The summed E-state index contributed by atoms with van der Waals surface area (Å²) in [7, 11) is -3.78. The van der Waals surface area contributed by atoms with Crippen molar-refractivity contribution in [1.82, 2.24) is 19.8 Å². The minimum absolute atomic E-state index is 0.113. The smallest absolute Gasteiger partial charge is 0.250 e. The predicted molar refractivity (Wildman–Crippen MR) is 96.8 cm³/mol. The zero-order chi connectivity index (χ0) is 18.9. The fraction of sp³-hybridized carbons (Fsp3) is 0.562. The highest BCUT2D eigenvalue weighted by molar-refractivity contribution is 7.91. The highest BCUT2D eigenvalue weighted by Gasteiger charge is 2.27. The van der Waals surface area contributed by atoms with Crippen LogP contribution >= 0.6 is 11.3 Å². The van der Waals surface area contributed by atoms with Gasteiger partial charge in [-0.05, 0) is 18.9 Å². The Balaban J connectivity index is 1.40. The molecule has 0 aromatic carbocycles. The zero-order valence-electron chi connectivity index (χ0n) is 14.6. The Bertz CT molecular complexity index is 913. The standard InChI is InChI=1S/C16H20N4O5S2/c21-13(20-4-6-24-7-5-20)9-17-27(22,23)14-8-12(10-26-14)15-18-16(25-19-15)11-2-1-3-11/h8,10-11,17H,1-7,9H2. The van der Waals surface area contributed by atoms with Crippen LogP contribution in [0.1, 0.15) is 31.1 Å². The Morgan fingerprint density at radius 1 is 1.33 bits per heavy atom. The molecule has 146 valence electrons. The van der Waals surface area contributed by atoms with Crippen LogP contribution in [0.25, 0.3) is 11.4 Å². The first-order valence-corrected chi connectivity index (χ1v) is 11.2. The number of morpholine rings is 1. The lowest BCUT2D eigenvalue weighted by Gasteiger charge is -2.26. The number of hydrogen-bond acceptors (Lipinski definition) is 8. The highest BCUT2D eigenvalue weighted by atomic mass is 32.2. The molecule has 4 rings (SSSR count). The topological polar surface area (TPSA) is 115 Å². The lowest BCUT2D eigenvalue weighted by Crippen LogP contribution is -2.45. The van der Waals surface area contributed by atoms with Gasteiger partial charge in [-0.15, -0.1) is 11.3 Å². The fourth-order valence-corrected chi connectivity index (χ4v) is 5.08. The number of nitrogens with zero attached hydrogens (tertiary/aromatic N) is 3. The van der Waals surface area contributed by atoms with Crippen molar-refractivity contribution in [3.63, 3.8) is 0 Å². The number of sulfonamides is 1. The molecule has 0 bridgehead atoms. The number of aromatic nitrogens is 2. The van der Waals surface area contributed by atoms with Gasteiger partial charge >= 0.3 is 0 Å². The maximum atomic E-state index is 12.5. The first-order chi connectivity index (χ1) is 13.0. The molecule has 0 atom stereocenters. The Hall–Kier alpha value is -1.82. The number of carbonyl (C=O) groups is 1. The van der Waals surface area contributed by atoms with Crippen LogP contribution in [-0.4, -0.2) is 62.2 Å². The van der Waals surface area contributed by atoms with Crippen LogP contribution in [0.5, 0.6) is 0 Å². The van der Waals surface area contributed by atoms with Gasteiger partial charge < -0.3 is 14.2 Å². The van der Waals surface area contributed by atoms with Crippen LogP contribution in [0.3, 0.4) is 0 Å². The Morgan fingerprint density at radius 2 is 2.11 bits per heavy atom. The number of carbonyl (C=O) groups excluding carboxylic acids is 1. The number of hydrogen-bond donors (Lipinski definition) is 1. The lowest BCUT2D eigenvalue weighted by atomic mass is 9.85. The van der Waals surface area contributed by atoms with Gasteiger partial charge in [0.25, 0.3) is 10.0 Å². The zero-order valence-corrected chi connectivity index (χ0v) is 16.2. The van der Waals surface area contributed by atoms with Crippen LogP contribution in [0.4, 0.5) is 0 Å². The second-order valence-corrected chi connectivity index (χ2v) is 9.46. The van der Waals surface area contributed by atoms with Crippen molar-refractivity contribution in [1.29, 1.82) is 0 Å². The summed E-state index contributed by atoms with van der Waals surface area (Å²) in [5.41, 5.74) is 0.592. The van der Waals surface area contributed by atoms with Gasteiger partial charge in [-0.25, -0.2) is 13.1 Å². The normalized spacial score (nSPS) is 18.4. The summed E-state index contributed by atoms with van der Waals surface area (Å²) in [5, 5.41) is 5.63. The largest absolute Gasteiger partial charge is 0.378 e. The molecule has 1 saturated heterocycles. The molecule has 1 amide bonds. The first-order valence-electron chi connectivity index (χ1n) is 8.80. The van der Waals surface area contributed by atoms with E-state index < -0.39 is 10.0 Å². The van der Waals surface area contributed by atoms with E-state index in [9.17, 15) is 13.2 Å². The van der Waals surface area contributed by atoms with Crippen molar-refractivity contribution in [2.75, 3.05) is 32.8 Å². The first kappa shape index (κ1) is 18.5. The summed E-state index contributed by atoms with van der Waals surface area (Å²) in [5.74, 6) is 1.06. The Kier molecular flexibility index (Phi) is 5.26. The van der Waals surface area contributed by atoms with Crippen molar-refractivity contribution in [3.05, 3.63) is 17.3 Å². The van der Waals surface area contributed by atoms with E-state index in [4.69, 9.17) is 9.26 Å². The molecule has 3 heterocycles. The van der Waals surface area contributed by atoms with Crippen molar-refractivity contribution >= 4 is 27.3 Å². The molecule has 9 nitrogen and oxygen atoms in total. The predicted octanol–water partition coefficient (Wildman–Crippen LogP) is 1.20. The van der Waals surface area contributed by atoms with E-state index in [-0.39, 0.29) is 16.7 Å². The van der Waals surface area contributed by atoms with Crippen molar-refractivity contribution in [2.24, 2.45) is 0 Å². The van der Waals surface area contributed by atoms with Crippen LogP contribution in [0.15, 0.2) is 20.2 Å². The van der Waals surface area contributed by atoms with Gasteiger partial charge in [0.2, 0.25) is 17.6 Å². The molecule has 1 N–H and O–H groups in total. The van der Waals surface area contributed by atoms with Crippen LogP contribution in [-0.2, 0) is 19.6 Å². The SMILES string of the molecule is O=C(CNS(=O)(=O)c1cc(-c2noc(C3CCC3)n2)cs1)N1CCOCC1. The molecule has 2 aromatic heterocycles. The lowest BCUT2D eigenvalue weighted by molar-refractivity contribution is -0.133. The summed E-state index contributed by atoms with van der Waals surface area (Å²) in [6.45, 7) is 1.62. The van der Waals surface area contributed by atoms with Gasteiger partial charge in [-0.3, -0.25) is 4.79 Å². The minimum Gasteiger partial charge on any atom is -0.378 e. The monoisotopic (exact) mass is 412 g/mol. The van der Waals surface area contributed by atoms with E-state index in [0.717, 1.165) is 30.6 Å². The molecule has 2 aromatic rings. The second-order valence-electron chi connectivity index (χ2n) is 6.56. The van der Waals surface area contributed by atoms with Crippen molar-refractivity contribution in [2.45, 2.75) is 29.4 Å². The molecule has 2 fully saturated rings. The van der Waals surface area contributed by atoms with Crippen LogP contribution in [0.2, 0.25) is 0 Å². The quantitative estimate of drug-likeness (QED) is 0.758. The maximum absolute atomic E-state index is 12.5. The summed E-state index contributed by atoms with van der Waals surface area (Å²) in [4.78, 5) is 18.1. The van der Waals surface area contributed by atoms with Crippen LogP contribution in [0, 0.1) is 0 Å². The average Bonchev–Trinajstić information content (AvgIpc) is 3.29. The summed E-state index contributed by atoms with van der Waals surface area (Å²) >= 11 is 1.06. The molecule has 1 aliphatic heterocycles. The number of ether oxygens (including phenoxy) is 1. The van der Waals surface area contributed by atoms with Gasteiger partial charge in [0.1, 0.15) is 4.21 Å². The third-order valence-electron chi connectivity index (χ3n) is 4.77. The molecule has 0 spiro atoms. The van der Waals surface area contributed by atoms with Gasteiger partial charge in [0, 0.05) is 30.0 Å². The van der Waals surface area contributed by atoms with Crippen molar-refractivity contribution in [3.8, 4) is 11.4 Å². The number of amides is 1. The van der Waals surface area contributed by atoms with E-state index in [2.05, 4.69) is 14.9 Å². The van der Waals surface area contributed by atoms with Gasteiger partial charge in [-0.2, -0.15) is 4.98 Å². The number of thiophene rings is 1. The number of rotatable bonds is 6. The van der Waals surface area contributed by atoms with Crippen molar-refractivity contribution < 1.29 is 22.5 Å². The van der Waals surface area contributed by atoms with E-state index in [1.165, 1.54) is 6.07 Å². The van der Waals surface area contributed by atoms with E-state index in [1.54, 1.807) is 10.3 Å². The molecule has 0 radical (unpaired) electrons. The third kappa shape index (κ3) is 4.05. The minimum atomic E-state index is -3.78. The van der Waals surface area contributed by atoms with Gasteiger partial charge in [0.05, 0.1) is 19.8 Å². The average molecular weight is 412 g/mol. The van der Waals surface area contributed by atoms with E-state index in [0.29, 0.717) is 49.5 Å². The fourth-order valence-electron chi connectivity index (χ4n) is 2.90. The Labute approximate surface area is 160 Å². The summed E-state index contributed by atoms with van der Waals surface area (Å²) < 4.78 is 37.9. The molecule has 0 unspecified atom stereocenters. The molecule has 11 heteroatoms. The maximum Gasteiger partial charge on any atom is 0.250 e. The van der Waals surface area contributed by atoms with Crippen LogP contribution < -0.4 is 4.72 Å². The summed E-state index contributed by atoms with van der Waals surface area (Å²) in [6.07, 6.45) is 3.26. The van der Waals surface area contributed by atoms with E-state index in [1.807, 2.05) is 0 Å². The molecule has 27 heavy (non-hydrogen) atoms. The Morgan fingerprint density at radius 3 is 2.81 bits per heavy atom. The van der Waals surface area contributed by atoms with Gasteiger partial charge in [-0.1, -0.05) is 11.6 Å². The van der Waals surface area contributed by atoms with Gasteiger partial charge in [0.15, 0.2) is 0 Å². The highest BCUT2D eigenvalue weighted by Crippen LogP contribution is 2.36. The van der Waals surface area contributed by atoms with E-state index >= 15 is 0 Å². The molecular formula is C16H20N4O5S2. The molecular weight excluding hydrogens is 392 g/mol. The second kappa shape index (κ2) is 7.66. The summed E-state index contributed by atoms with van der Waals surface area (Å²) in [6, 6.07) is 1.50. The molecule has 1 aliphatic carbocycles. The third-order valence-corrected chi connectivity index (χ3v) is 7.61. The molecule has 2 aliphatic rings. The number of nitrogens with one attached hydrogen (secondary N) is 1. The molecule has 1 saturated carbocycles.